The fourth-order valence-corrected chi connectivity index (χ4v) is 3.63. The Balaban J connectivity index is 2.81. The summed E-state index contributed by atoms with van der Waals surface area (Å²) in [5, 5.41) is 0. The minimum atomic E-state index is -3.37. The van der Waals surface area contributed by atoms with Gasteiger partial charge in [0.25, 0.3) is 0 Å². The van der Waals surface area contributed by atoms with Gasteiger partial charge in [0, 0.05) is 15.9 Å². The number of rotatable bonds is 5. The number of aryl methyl sites for hydroxylation is 1. The molecular formula is C9H12BrNO2S2. The van der Waals surface area contributed by atoms with Gasteiger partial charge in [0.1, 0.15) is 4.21 Å². The Labute approximate surface area is 102 Å². The van der Waals surface area contributed by atoms with Crippen LogP contribution in [0.3, 0.4) is 0 Å². The van der Waals surface area contributed by atoms with Crippen molar-refractivity contribution in [2.75, 3.05) is 6.54 Å². The molecule has 0 bridgehead atoms. The third-order valence-corrected chi connectivity index (χ3v) is 5.11. The molecule has 0 aliphatic heterocycles. The molecule has 1 aromatic heterocycles. The predicted molar refractivity (Wildman–Crippen MR) is 67.0 cm³/mol. The number of hydrogen-bond donors (Lipinski definition) is 1. The van der Waals surface area contributed by atoms with Crippen LogP contribution in [-0.4, -0.2) is 15.0 Å². The summed E-state index contributed by atoms with van der Waals surface area (Å²) < 4.78 is 26.8. The Kier molecular flexibility index (Phi) is 4.51. The number of nitrogens with one attached hydrogen (secondary N) is 1. The fourth-order valence-electron chi connectivity index (χ4n) is 0.937. The van der Waals surface area contributed by atoms with Crippen LogP contribution in [0.1, 0.15) is 11.8 Å². The first-order valence-corrected chi connectivity index (χ1v) is 7.46. The van der Waals surface area contributed by atoms with Crippen molar-refractivity contribution in [3.8, 4) is 0 Å². The summed E-state index contributed by atoms with van der Waals surface area (Å²) in [6.45, 7) is 5.77. The average molecular weight is 310 g/mol. The lowest BCUT2D eigenvalue weighted by Crippen LogP contribution is -2.23. The molecular weight excluding hydrogens is 298 g/mol. The van der Waals surface area contributed by atoms with Crippen LogP contribution in [0.15, 0.2) is 27.4 Å². The molecule has 0 aliphatic carbocycles. The van der Waals surface area contributed by atoms with Gasteiger partial charge in [0.2, 0.25) is 10.0 Å². The molecule has 0 aliphatic rings. The molecule has 6 heteroatoms. The zero-order valence-electron chi connectivity index (χ0n) is 8.29. The van der Waals surface area contributed by atoms with Crippen molar-refractivity contribution >= 4 is 37.3 Å². The smallest absolute Gasteiger partial charge is 0.206 e. The molecule has 0 saturated carbocycles. The van der Waals surface area contributed by atoms with Crippen LogP contribution >= 0.6 is 27.3 Å². The van der Waals surface area contributed by atoms with Crippen LogP contribution in [-0.2, 0) is 16.4 Å². The summed E-state index contributed by atoms with van der Waals surface area (Å²) >= 11 is 4.40. The van der Waals surface area contributed by atoms with E-state index in [-0.39, 0.29) is 6.54 Å². The highest BCUT2D eigenvalue weighted by Gasteiger charge is 2.15. The van der Waals surface area contributed by atoms with Crippen LogP contribution in [0.25, 0.3) is 0 Å². The Morgan fingerprint density at radius 3 is 2.73 bits per heavy atom. The van der Waals surface area contributed by atoms with E-state index in [0.717, 1.165) is 11.3 Å². The van der Waals surface area contributed by atoms with E-state index in [1.807, 2.05) is 13.0 Å². The Bertz CT molecular complexity index is 450. The number of halogens is 1. The lowest BCUT2D eigenvalue weighted by atomic mass is 10.4. The number of hydrogen-bond acceptors (Lipinski definition) is 3. The molecule has 0 saturated heterocycles. The summed E-state index contributed by atoms with van der Waals surface area (Å²) in [6, 6.07) is 3.46. The van der Waals surface area contributed by atoms with E-state index in [1.165, 1.54) is 11.3 Å². The van der Waals surface area contributed by atoms with Crippen LogP contribution in [0.2, 0.25) is 0 Å². The highest BCUT2D eigenvalue weighted by atomic mass is 79.9. The van der Waals surface area contributed by atoms with Crippen LogP contribution in [0.4, 0.5) is 0 Å². The van der Waals surface area contributed by atoms with Crippen molar-refractivity contribution in [1.29, 1.82) is 0 Å². The molecule has 1 rings (SSSR count). The Hall–Kier alpha value is -0.170. The molecule has 84 valence electrons. The summed E-state index contributed by atoms with van der Waals surface area (Å²) in [4.78, 5) is 1.06. The second-order valence-electron chi connectivity index (χ2n) is 2.92. The van der Waals surface area contributed by atoms with E-state index in [9.17, 15) is 8.42 Å². The van der Waals surface area contributed by atoms with Crippen molar-refractivity contribution in [2.45, 2.75) is 17.6 Å². The molecule has 0 amide bonds. The maximum absolute atomic E-state index is 11.7. The molecule has 0 spiro atoms. The van der Waals surface area contributed by atoms with Gasteiger partial charge >= 0.3 is 0 Å². The summed E-state index contributed by atoms with van der Waals surface area (Å²) in [6.07, 6.45) is 0.853. The lowest BCUT2D eigenvalue weighted by Gasteiger charge is -2.02. The summed E-state index contributed by atoms with van der Waals surface area (Å²) in [5.74, 6) is 0. The largest absolute Gasteiger partial charge is 0.250 e. The van der Waals surface area contributed by atoms with E-state index in [1.54, 1.807) is 6.07 Å². The maximum Gasteiger partial charge on any atom is 0.250 e. The fraction of sp³-hybridized carbons (Fsp3) is 0.333. The van der Waals surface area contributed by atoms with E-state index in [4.69, 9.17) is 0 Å². The van der Waals surface area contributed by atoms with Crippen molar-refractivity contribution < 1.29 is 8.42 Å². The normalized spacial score (nSPS) is 11.6. The standard InChI is InChI=1S/C9H12BrNO2S2/c1-3-8-4-5-9(14-8)15(12,13)11-6-7(2)10/h4-5,11H,2-3,6H2,1H3. The topological polar surface area (TPSA) is 46.2 Å². The first-order valence-electron chi connectivity index (χ1n) is 4.37. The van der Waals surface area contributed by atoms with Crippen molar-refractivity contribution in [3.05, 3.63) is 28.1 Å². The molecule has 0 aromatic carbocycles. The minimum Gasteiger partial charge on any atom is -0.206 e. The van der Waals surface area contributed by atoms with Gasteiger partial charge in [-0.1, -0.05) is 29.4 Å². The second-order valence-corrected chi connectivity index (χ2v) is 7.20. The van der Waals surface area contributed by atoms with E-state index >= 15 is 0 Å². The minimum absolute atomic E-state index is 0.210. The summed E-state index contributed by atoms with van der Waals surface area (Å²) in [7, 11) is -3.37. The zero-order chi connectivity index (χ0) is 11.5. The Morgan fingerprint density at radius 2 is 2.27 bits per heavy atom. The molecule has 1 heterocycles. The highest BCUT2D eigenvalue weighted by Crippen LogP contribution is 2.21. The van der Waals surface area contributed by atoms with E-state index < -0.39 is 10.0 Å². The van der Waals surface area contributed by atoms with Gasteiger partial charge in [-0.15, -0.1) is 11.3 Å². The van der Waals surface area contributed by atoms with E-state index in [2.05, 4.69) is 27.2 Å². The van der Waals surface area contributed by atoms with Gasteiger partial charge in [-0.25, -0.2) is 13.1 Å². The third kappa shape index (κ3) is 3.71. The molecule has 1 N–H and O–H groups in total. The van der Waals surface area contributed by atoms with Crippen molar-refractivity contribution in [2.24, 2.45) is 0 Å². The third-order valence-electron chi connectivity index (χ3n) is 1.70. The first-order chi connectivity index (χ1) is 6.95. The number of sulfonamides is 1. The lowest BCUT2D eigenvalue weighted by molar-refractivity contribution is 0.587. The van der Waals surface area contributed by atoms with Crippen LogP contribution in [0.5, 0.6) is 0 Å². The van der Waals surface area contributed by atoms with Gasteiger partial charge in [-0.3, -0.25) is 0 Å². The van der Waals surface area contributed by atoms with Gasteiger partial charge in [0.15, 0.2) is 0 Å². The molecule has 15 heavy (non-hydrogen) atoms. The SMILES string of the molecule is C=C(Br)CNS(=O)(=O)c1ccc(CC)s1. The molecule has 3 nitrogen and oxygen atoms in total. The predicted octanol–water partition coefficient (Wildman–Crippen LogP) is 2.50. The number of thiophene rings is 1. The monoisotopic (exact) mass is 309 g/mol. The zero-order valence-corrected chi connectivity index (χ0v) is 11.5. The van der Waals surface area contributed by atoms with E-state index in [0.29, 0.717) is 8.69 Å². The van der Waals surface area contributed by atoms with Gasteiger partial charge in [-0.05, 0) is 18.6 Å². The molecule has 0 radical (unpaired) electrons. The average Bonchev–Trinajstić information content (AvgIpc) is 2.63. The van der Waals surface area contributed by atoms with Crippen LogP contribution < -0.4 is 4.72 Å². The van der Waals surface area contributed by atoms with Crippen LogP contribution in [0, 0.1) is 0 Å². The quantitative estimate of drug-likeness (QED) is 0.908. The molecule has 0 unspecified atom stereocenters. The van der Waals surface area contributed by atoms with Crippen molar-refractivity contribution in [3.63, 3.8) is 0 Å². The van der Waals surface area contributed by atoms with Gasteiger partial charge in [-0.2, -0.15) is 0 Å². The first kappa shape index (κ1) is 12.9. The molecule has 0 fully saturated rings. The van der Waals surface area contributed by atoms with Crippen molar-refractivity contribution in [1.82, 2.24) is 4.72 Å². The van der Waals surface area contributed by atoms with Gasteiger partial charge < -0.3 is 0 Å². The summed E-state index contributed by atoms with van der Waals surface area (Å²) in [5.41, 5.74) is 0. The molecule has 0 atom stereocenters. The van der Waals surface area contributed by atoms with Gasteiger partial charge in [0.05, 0.1) is 0 Å². The maximum atomic E-state index is 11.7. The molecule has 1 aromatic rings. The second kappa shape index (κ2) is 5.25. The highest BCUT2D eigenvalue weighted by molar-refractivity contribution is 9.11. The Morgan fingerprint density at radius 1 is 1.60 bits per heavy atom.